The van der Waals surface area contributed by atoms with Crippen molar-refractivity contribution in [1.82, 2.24) is 5.32 Å². The highest BCUT2D eigenvalue weighted by Gasteiger charge is 2.20. The SMILES string of the molecule is Br.c1ccc(CC(CC2CCCNC2)Oc2ccccc2)cc1. The number of hydrogen-bond acceptors (Lipinski definition) is 2. The van der Waals surface area contributed by atoms with Gasteiger partial charge in [-0.05, 0) is 56.0 Å². The molecule has 124 valence electrons. The number of ether oxygens (including phenoxy) is 1. The highest BCUT2D eigenvalue weighted by atomic mass is 79.9. The van der Waals surface area contributed by atoms with Gasteiger partial charge in [0.1, 0.15) is 11.9 Å². The summed E-state index contributed by atoms with van der Waals surface area (Å²) in [7, 11) is 0. The second-order valence-corrected chi connectivity index (χ2v) is 6.19. The molecule has 0 radical (unpaired) electrons. The number of piperidine rings is 1. The van der Waals surface area contributed by atoms with Crippen molar-refractivity contribution >= 4 is 17.0 Å². The van der Waals surface area contributed by atoms with Crippen LogP contribution in [0.25, 0.3) is 0 Å². The molecule has 2 unspecified atom stereocenters. The maximum absolute atomic E-state index is 6.29. The zero-order chi connectivity index (χ0) is 15.0. The lowest BCUT2D eigenvalue weighted by atomic mass is 9.91. The van der Waals surface area contributed by atoms with E-state index in [1.165, 1.54) is 24.9 Å². The van der Waals surface area contributed by atoms with Gasteiger partial charge < -0.3 is 10.1 Å². The van der Waals surface area contributed by atoms with Crippen LogP contribution in [0.2, 0.25) is 0 Å². The van der Waals surface area contributed by atoms with Crippen molar-refractivity contribution in [1.29, 1.82) is 0 Å². The molecule has 1 aliphatic heterocycles. The molecule has 1 aliphatic rings. The predicted molar refractivity (Wildman–Crippen MR) is 102 cm³/mol. The molecule has 1 N–H and O–H groups in total. The van der Waals surface area contributed by atoms with Crippen LogP contribution in [-0.4, -0.2) is 19.2 Å². The Morgan fingerprint density at radius 1 is 1.00 bits per heavy atom. The van der Waals surface area contributed by atoms with E-state index in [-0.39, 0.29) is 23.1 Å². The lowest BCUT2D eigenvalue weighted by Crippen LogP contribution is -2.34. The van der Waals surface area contributed by atoms with E-state index in [0.29, 0.717) is 0 Å². The fourth-order valence-electron chi connectivity index (χ4n) is 3.24. The molecule has 2 atom stereocenters. The fraction of sp³-hybridized carbons (Fsp3) is 0.400. The lowest BCUT2D eigenvalue weighted by Gasteiger charge is -2.28. The minimum atomic E-state index is 0. The Kier molecular flexibility index (Phi) is 7.63. The van der Waals surface area contributed by atoms with Crippen molar-refractivity contribution in [2.45, 2.75) is 31.8 Å². The van der Waals surface area contributed by atoms with Crippen molar-refractivity contribution in [3.8, 4) is 5.75 Å². The molecule has 1 heterocycles. The summed E-state index contributed by atoms with van der Waals surface area (Å²) < 4.78 is 6.29. The zero-order valence-corrected chi connectivity index (χ0v) is 15.2. The molecule has 0 amide bonds. The van der Waals surface area contributed by atoms with Crippen molar-refractivity contribution in [2.24, 2.45) is 5.92 Å². The van der Waals surface area contributed by atoms with E-state index in [2.05, 4.69) is 47.8 Å². The average molecular weight is 376 g/mol. The minimum Gasteiger partial charge on any atom is -0.490 e. The van der Waals surface area contributed by atoms with Gasteiger partial charge in [-0.1, -0.05) is 48.5 Å². The molecule has 0 aromatic heterocycles. The standard InChI is InChI=1S/C20H25NO.BrH/c1-3-8-17(9-4-1)14-20(15-18-10-7-13-21-16-18)22-19-11-5-2-6-12-19;/h1-6,8-9,11-12,18,20-21H,7,10,13-16H2;1H. The molecule has 2 aromatic carbocycles. The van der Waals surface area contributed by atoms with Crippen LogP contribution in [0.4, 0.5) is 0 Å². The normalized spacial score (nSPS) is 18.7. The van der Waals surface area contributed by atoms with Crippen molar-refractivity contribution in [2.75, 3.05) is 13.1 Å². The van der Waals surface area contributed by atoms with E-state index in [1.54, 1.807) is 0 Å². The number of nitrogens with one attached hydrogen (secondary N) is 1. The number of rotatable bonds is 6. The van der Waals surface area contributed by atoms with Gasteiger partial charge in [-0.3, -0.25) is 0 Å². The molecule has 0 bridgehead atoms. The zero-order valence-electron chi connectivity index (χ0n) is 13.5. The van der Waals surface area contributed by atoms with Crippen LogP contribution >= 0.6 is 17.0 Å². The van der Waals surface area contributed by atoms with Gasteiger partial charge in [-0.2, -0.15) is 0 Å². The molecule has 0 saturated carbocycles. The first-order chi connectivity index (χ1) is 10.9. The van der Waals surface area contributed by atoms with Crippen molar-refractivity contribution < 1.29 is 4.74 Å². The molecule has 2 nitrogen and oxygen atoms in total. The average Bonchev–Trinajstić information content (AvgIpc) is 2.57. The monoisotopic (exact) mass is 375 g/mol. The lowest BCUT2D eigenvalue weighted by molar-refractivity contribution is 0.157. The first-order valence-electron chi connectivity index (χ1n) is 8.36. The molecule has 0 aliphatic carbocycles. The number of halogens is 1. The van der Waals surface area contributed by atoms with Gasteiger partial charge in [0.25, 0.3) is 0 Å². The van der Waals surface area contributed by atoms with Gasteiger partial charge in [0, 0.05) is 6.42 Å². The topological polar surface area (TPSA) is 21.3 Å². The summed E-state index contributed by atoms with van der Waals surface area (Å²) in [4.78, 5) is 0. The largest absolute Gasteiger partial charge is 0.490 e. The summed E-state index contributed by atoms with van der Waals surface area (Å²) in [5.41, 5.74) is 1.35. The van der Waals surface area contributed by atoms with Gasteiger partial charge in [0.15, 0.2) is 0 Å². The third-order valence-electron chi connectivity index (χ3n) is 4.35. The number of hydrogen-bond donors (Lipinski definition) is 1. The van der Waals surface area contributed by atoms with Crippen LogP contribution in [0.1, 0.15) is 24.8 Å². The Hall–Kier alpha value is -1.32. The summed E-state index contributed by atoms with van der Waals surface area (Å²) in [5, 5.41) is 3.51. The van der Waals surface area contributed by atoms with Crippen LogP contribution in [0.3, 0.4) is 0 Å². The predicted octanol–water partition coefficient (Wildman–Crippen LogP) is 4.64. The molecule has 23 heavy (non-hydrogen) atoms. The summed E-state index contributed by atoms with van der Waals surface area (Å²) in [6, 6.07) is 20.9. The Morgan fingerprint density at radius 2 is 1.70 bits per heavy atom. The third kappa shape index (κ3) is 6.00. The summed E-state index contributed by atoms with van der Waals surface area (Å²) in [6.07, 6.45) is 4.95. The molecule has 1 saturated heterocycles. The van der Waals surface area contributed by atoms with Crippen LogP contribution in [-0.2, 0) is 6.42 Å². The van der Waals surface area contributed by atoms with Gasteiger partial charge in [-0.15, -0.1) is 17.0 Å². The van der Waals surface area contributed by atoms with E-state index in [0.717, 1.165) is 31.1 Å². The molecule has 3 heteroatoms. The van der Waals surface area contributed by atoms with Gasteiger partial charge in [0.2, 0.25) is 0 Å². The Bertz CT molecular complexity index is 499. The van der Waals surface area contributed by atoms with Crippen LogP contribution in [0, 0.1) is 5.92 Å². The second kappa shape index (κ2) is 9.74. The number of benzene rings is 2. The van der Waals surface area contributed by atoms with Crippen LogP contribution in [0.15, 0.2) is 60.7 Å². The molecule has 3 rings (SSSR count). The Balaban J connectivity index is 0.00000192. The van der Waals surface area contributed by atoms with E-state index < -0.39 is 0 Å². The summed E-state index contributed by atoms with van der Waals surface area (Å²) in [5.74, 6) is 1.71. The maximum atomic E-state index is 6.29. The molecule has 1 fully saturated rings. The second-order valence-electron chi connectivity index (χ2n) is 6.19. The highest BCUT2D eigenvalue weighted by molar-refractivity contribution is 8.93. The number of para-hydroxylation sites is 1. The smallest absolute Gasteiger partial charge is 0.119 e. The summed E-state index contributed by atoms with van der Waals surface area (Å²) in [6.45, 7) is 2.29. The molecule has 0 spiro atoms. The summed E-state index contributed by atoms with van der Waals surface area (Å²) >= 11 is 0. The van der Waals surface area contributed by atoms with E-state index >= 15 is 0 Å². The van der Waals surface area contributed by atoms with Gasteiger partial charge in [0.05, 0.1) is 0 Å². The molecule has 2 aromatic rings. The van der Waals surface area contributed by atoms with E-state index in [4.69, 9.17) is 4.74 Å². The van der Waals surface area contributed by atoms with Crippen molar-refractivity contribution in [3.05, 3.63) is 66.2 Å². The first-order valence-corrected chi connectivity index (χ1v) is 8.36. The van der Waals surface area contributed by atoms with Crippen LogP contribution < -0.4 is 10.1 Å². The van der Waals surface area contributed by atoms with Gasteiger partial charge in [-0.25, -0.2) is 0 Å². The molecular formula is C20H26BrNO. The maximum Gasteiger partial charge on any atom is 0.119 e. The Morgan fingerprint density at radius 3 is 2.35 bits per heavy atom. The highest BCUT2D eigenvalue weighted by Crippen LogP contribution is 2.22. The van der Waals surface area contributed by atoms with E-state index in [1.807, 2.05) is 18.2 Å². The first kappa shape index (κ1) is 18.0. The van der Waals surface area contributed by atoms with Crippen molar-refractivity contribution in [3.63, 3.8) is 0 Å². The fourth-order valence-corrected chi connectivity index (χ4v) is 3.24. The van der Waals surface area contributed by atoms with Gasteiger partial charge >= 0.3 is 0 Å². The third-order valence-corrected chi connectivity index (χ3v) is 4.35. The van der Waals surface area contributed by atoms with Crippen LogP contribution in [0.5, 0.6) is 5.75 Å². The quantitative estimate of drug-likeness (QED) is 0.793. The Labute approximate surface area is 150 Å². The van der Waals surface area contributed by atoms with E-state index in [9.17, 15) is 0 Å². The molecular weight excluding hydrogens is 350 g/mol. The minimum absolute atomic E-state index is 0.